The Morgan fingerprint density at radius 2 is 1.96 bits per heavy atom. The fraction of sp³-hybridized carbons (Fsp3) is 0.350. The van der Waals surface area contributed by atoms with Crippen LogP contribution in [0.5, 0.6) is 0 Å². The fourth-order valence-corrected chi connectivity index (χ4v) is 4.74. The average molecular weight is 387 g/mol. The van der Waals surface area contributed by atoms with Crippen LogP contribution >= 0.6 is 11.3 Å². The van der Waals surface area contributed by atoms with E-state index in [9.17, 15) is 14.4 Å². The number of hydrogen-bond donors (Lipinski definition) is 2. The van der Waals surface area contributed by atoms with E-state index in [-0.39, 0.29) is 12.8 Å². The van der Waals surface area contributed by atoms with E-state index in [0.717, 1.165) is 29.7 Å². The number of fused-ring (bicyclic) bond motifs is 1. The Balaban J connectivity index is 1.85. The summed E-state index contributed by atoms with van der Waals surface area (Å²) in [5.41, 5.74) is 2.61. The number of carboxylic acids is 1. The number of anilines is 1. The van der Waals surface area contributed by atoms with Gasteiger partial charge >= 0.3 is 11.9 Å². The van der Waals surface area contributed by atoms with Crippen molar-refractivity contribution in [2.75, 3.05) is 12.4 Å². The van der Waals surface area contributed by atoms with E-state index in [0.29, 0.717) is 16.5 Å². The van der Waals surface area contributed by atoms with Gasteiger partial charge in [-0.3, -0.25) is 9.59 Å². The van der Waals surface area contributed by atoms with Crippen LogP contribution in [-0.2, 0) is 27.2 Å². The summed E-state index contributed by atoms with van der Waals surface area (Å²) >= 11 is 1.39. The molecule has 2 N–H and O–H groups in total. The molecule has 3 rings (SSSR count). The van der Waals surface area contributed by atoms with Gasteiger partial charge in [-0.2, -0.15) is 0 Å². The van der Waals surface area contributed by atoms with Gasteiger partial charge in [-0.05, 0) is 36.3 Å². The molecule has 27 heavy (non-hydrogen) atoms. The summed E-state index contributed by atoms with van der Waals surface area (Å²) < 4.78 is 4.91. The van der Waals surface area contributed by atoms with E-state index in [1.54, 1.807) is 0 Å². The molecule has 1 aromatic carbocycles. The molecular formula is C20H21NO5S. The van der Waals surface area contributed by atoms with Crippen LogP contribution in [0, 0.1) is 0 Å². The zero-order valence-corrected chi connectivity index (χ0v) is 15.8. The molecule has 1 aliphatic rings. The Kier molecular flexibility index (Phi) is 5.91. The molecule has 1 heterocycles. The van der Waals surface area contributed by atoms with Gasteiger partial charge < -0.3 is 15.2 Å². The molecule has 2 aromatic rings. The van der Waals surface area contributed by atoms with Gasteiger partial charge in [-0.15, -0.1) is 11.3 Å². The third-order valence-corrected chi connectivity index (χ3v) is 5.91. The molecule has 0 saturated carbocycles. The number of amides is 1. The van der Waals surface area contributed by atoms with Crippen molar-refractivity contribution in [3.05, 3.63) is 51.9 Å². The van der Waals surface area contributed by atoms with Gasteiger partial charge in [0.15, 0.2) is 0 Å². The Labute approximate surface area is 161 Å². The third kappa shape index (κ3) is 4.36. The molecule has 0 radical (unpaired) electrons. The first-order valence-corrected chi connectivity index (χ1v) is 9.60. The summed E-state index contributed by atoms with van der Waals surface area (Å²) in [6.07, 6.45) is 2.08. The van der Waals surface area contributed by atoms with Crippen LogP contribution in [0.15, 0.2) is 30.3 Å². The summed E-state index contributed by atoms with van der Waals surface area (Å²) in [6, 6.07) is 10.3. The number of ether oxygens (including phenoxy) is 1. The van der Waals surface area contributed by atoms with Crippen LogP contribution in [0.3, 0.4) is 0 Å². The summed E-state index contributed by atoms with van der Waals surface area (Å²) in [4.78, 5) is 36.1. The maximum Gasteiger partial charge on any atom is 0.341 e. The van der Waals surface area contributed by atoms with E-state index >= 15 is 0 Å². The molecule has 0 aliphatic heterocycles. The Hall–Kier alpha value is -2.67. The minimum absolute atomic E-state index is 0.134. The highest BCUT2D eigenvalue weighted by Crippen LogP contribution is 2.42. The fourth-order valence-electron chi connectivity index (χ4n) is 3.41. The molecule has 0 spiro atoms. The zero-order valence-electron chi connectivity index (χ0n) is 15.0. The number of rotatable bonds is 6. The lowest BCUT2D eigenvalue weighted by atomic mass is 9.83. The Morgan fingerprint density at radius 3 is 2.63 bits per heavy atom. The largest absolute Gasteiger partial charge is 0.481 e. The number of benzene rings is 1. The van der Waals surface area contributed by atoms with E-state index in [1.165, 1.54) is 24.0 Å². The third-order valence-electron chi connectivity index (χ3n) is 4.74. The van der Waals surface area contributed by atoms with E-state index in [2.05, 4.69) is 17.4 Å². The highest BCUT2D eigenvalue weighted by Gasteiger charge is 2.30. The van der Waals surface area contributed by atoms with Crippen molar-refractivity contribution in [1.82, 2.24) is 0 Å². The van der Waals surface area contributed by atoms with Crippen molar-refractivity contribution >= 4 is 34.2 Å². The molecule has 142 valence electrons. The van der Waals surface area contributed by atoms with Crippen molar-refractivity contribution in [1.29, 1.82) is 0 Å². The molecule has 0 bridgehead atoms. The predicted molar refractivity (Wildman–Crippen MR) is 102 cm³/mol. The van der Waals surface area contributed by atoms with Gasteiger partial charge in [-0.1, -0.05) is 30.3 Å². The van der Waals surface area contributed by atoms with Gasteiger partial charge in [0.1, 0.15) is 5.00 Å². The zero-order chi connectivity index (χ0) is 19.4. The number of nitrogens with one attached hydrogen (secondary N) is 1. The maximum atomic E-state index is 12.3. The smallest absolute Gasteiger partial charge is 0.341 e. The molecule has 0 saturated heterocycles. The van der Waals surface area contributed by atoms with Crippen LogP contribution in [0.25, 0.3) is 0 Å². The first-order valence-electron chi connectivity index (χ1n) is 8.79. The molecule has 7 heteroatoms. The molecule has 1 amide bonds. The first kappa shape index (κ1) is 19.1. The number of hydrogen-bond acceptors (Lipinski definition) is 5. The lowest BCUT2D eigenvalue weighted by Gasteiger charge is -2.22. The van der Waals surface area contributed by atoms with Crippen molar-refractivity contribution in [2.45, 2.75) is 38.0 Å². The first-order chi connectivity index (χ1) is 13.0. The van der Waals surface area contributed by atoms with Gasteiger partial charge in [0.2, 0.25) is 5.91 Å². The standard InChI is InChI=1S/C20H21NO5S/c1-26-20(25)18-14-8-7-13(12-5-3-2-4-6-12)11-15(14)27-19(18)21-16(22)9-10-17(23)24/h2-6,13H,7-11H2,1H3,(H,21,22)(H,23,24)/t13-/m1/s1. The monoisotopic (exact) mass is 387 g/mol. The van der Waals surface area contributed by atoms with Crippen LogP contribution in [0.1, 0.15) is 51.5 Å². The summed E-state index contributed by atoms with van der Waals surface area (Å²) in [5, 5.41) is 11.9. The van der Waals surface area contributed by atoms with Gasteiger partial charge in [-0.25, -0.2) is 4.79 Å². The molecule has 1 atom stereocenters. The van der Waals surface area contributed by atoms with Crippen LogP contribution in [0.2, 0.25) is 0 Å². The summed E-state index contributed by atoms with van der Waals surface area (Å²) in [6.45, 7) is 0. The van der Waals surface area contributed by atoms with Crippen molar-refractivity contribution in [3.8, 4) is 0 Å². The Morgan fingerprint density at radius 1 is 1.22 bits per heavy atom. The molecule has 0 unspecified atom stereocenters. The lowest BCUT2D eigenvalue weighted by Crippen LogP contribution is -2.16. The average Bonchev–Trinajstić information content (AvgIpc) is 3.03. The number of thiophene rings is 1. The quantitative estimate of drug-likeness (QED) is 0.739. The molecular weight excluding hydrogens is 366 g/mol. The van der Waals surface area contributed by atoms with E-state index in [1.807, 2.05) is 18.2 Å². The Bertz CT molecular complexity index is 859. The van der Waals surface area contributed by atoms with Crippen LogP contribution in [0.4, 0.5) is 5.00 Å². The number of methoxy groups -OCH3 is 1. The van der Waals surface area contributed by atoms with Gasteiger partial charge in [0.05, 0.1) is 19.1 Å². The second-order valence-electron chi connectivity index (χ2n) is 6.49. The number of carboxylic acid groups (broad SMARTS) is 1. The van der Waals surface area contributed by atoms with Crippen LogP contribution < -0.4 is 5.32 Å². The number of esters is 1. The summed E-state index contributed by atoms with van der Waals surface area (Å²) in [7, 11) is 1.32. The minimum Gasteiger partial charge on any atom is -0.481 e. The van der Waals surface area contributed by atoms with Gasteiger partial charge in [0.25, 0.3) is 0 Å². The number of carbonyl (C=O) groups is 3. The van der Waals surface area contributed by atoms with Crippen molar-refractivity contribution < 1.29 is 24.2 Å². The predicted octanol–water partition coefficient (Wildman–Crippen LogP) is 3.61. The summed E-state index contributed by atoms with van der Waals surface area (Å²) in [5.74, 6) is -1.55. The highest BCUT2D eigenvalue weighted by molar-refractivity contribution is 7.17. The molecule has 6 nitrogen and oxygen atoms in total. The highest BCUT2D eigenvalue weighted by atomic mass is 32.1. The second-order valence-corrected chi connectivity index (χ2v) is 7.60. The number of carbonyl (C=O) groups excluding carboxylic acids is 2. The number of aliphatic carboxylic acids is 1. The molecule has 0 fully saturated rings. The minimum atomic E-state index is -1.03. The topological polar surface area (TPSA) is 92.7 Å². The van der Waals surface area contributed by atoms with E-state index < -0.39 is 17.8 Å². The lowest BCUT2D eigenvalue weighted by molar-refractivity contribution is -0.138. The van der Waals surface area contributed by atoms with Crippen molar-refractivity contribution in [2.24, 2.45) is 0 Å². The van der Waals surface area contributed by atoms with Crippen molar-refractivity contribution in [3.63, 3.8) is 0 Å². The van der Waals surface area contributed by atoms with Gasteiger partial charge in [0, 0.05) is 11.3 Å². The maximum absolute atomic E-state index is 12.3. The van der Waals surface area contributed by atoms with Crippen LogP contribution in [-0.4, -0.2) is 30.1 Å². The molecule has 1 aliphatic carbocycles. The second kappa shape index (κ2) is 8.35. The normalized spacial score (nSPS) is 15.7. The van der Waals surface area contributed by atoms with E-state index in [4.69, 9.17) is 9.84 Å². The molecule has 1 aromatic heterocycles. The SMILES string of the molecule is COC(=O)c1c(NC(=O)CCC(=O)O)sc2c1CC[C@@H](c1ccccc1)C2.